The Morgan fingerprint density at radius 2 is 1.70 bits per heavy atom. The molecule has 20 heavy (non-hydrogen) atoms. The zero-order chi connectivity index (χ0) is 15.6. The molecule has 5 nitrogen and oxygen atoms in total. The van der Waals surface area contributed by atoms with E-state index in [4.69, 9.17) is 4.74 Å². The number of carbonyl (C=O) groups is 1. The molecule has 0 aromatic carbocycles. The fraction of sp³-hybridized carbons (Fsp3) is 0.933. The van der Waals surface area contributed by atoms with Crippen LogP contribution in [-0.4, -0.2) is 39.5 Å². The maximum absolute atomic E-state index is 12.0. The van der Waals surface area contributed by atoms with Gasteiger partial charge in [-0.05, 0) is 54.4 Å². The molecule has 0 aromatic heterocycles. The molecule has 0 radical (unpaired) electrons. The van der Waals surface area contributed by atoms with Crippen molar-refractivity contribution in [1.29, 1.82) is 0 Å². The number of amides is 1. The number of nitrogens with one attached hydrogen (secondary N) is 1. The largest absolute Gasteiger partial charge is 0.443 e. The summed E-state index contributed by atoms with van der Waals surface area (Å²) >= 11 is 0. The molecule has 2 N–H and O–H groups in total. The fourth-order valence-electron chi connectivity index (χ4n) is 2.54. The molecule has 0 heterocycles. The molecular weight excluding hydrogens is 256 g/mol. The van der Waals surface area contributed by atoms with Gasteiger partial charge in [-0.2, -0.15) is 0 Å². The SMILES string of the molecule is CC(C)(C)OC(=O)NN(C1CCCCC1O)C(C)(C)C. The first-order chi connectivity index (χ1) is 9.00. The zero-order valence-corrected chi connectivity index (χ0v) is 13.7. The van der Waals surface area contributed by atoms with Gasteiger partial charge in [0.15, 0.2) is 0 Å². The van der Waals surface area contributed by atoms with E-state index in [1.54, 1.807) is 0 Å². The molecule has 0 saturated heterocycles. The van der Waals surface area contributed by atoms with Gasteiger partial charge < -0.3 is 9.84 Å². The maximum atomic E-state index is 12.0. The van der Waals surface area contributed by atoms with Crippen molar-refractivity contribution >= 4 is 6.09 Å². The predicted molar refractivity (Wildman–Crippen MR) is 79.2 cm³/mol. The number of aliphatic hydroxyl groups excluding tert-OH is 1. The van der Waals surface area contributed by atoms with Crippen molar-refractivity contribution in [1.82, 2.24) is 10.4 Å². The number of rotatable bonds is 2. The van der Waals surface area contributed by atoms with E-state index in [2.05, 4.69) is 5.43 Å². The van der Waals surface area contributed by atoms with Crippen LogP contribution >= 0.6 is 0 Å². The van der Waals surface area contributed by atoms with Crippen LogP contribution in [0.25, 0.3) is 0 Å². The van der Waals surface area contributed by atoms with Crippen molar-refractivity contribution in [3.63, 3.8) is 0 Å². The van der Waals surface area contributed by atoms with Gasteiger partial charge in [0.1, 0.15) is 5.60 Å². The monoisotopic (exact) mass is 286 g/mol. The van der Waals surface area contributed by atoms with E-state index in [0.29, 0.717) is 0 Å². The highest BCUT2D eigenvalue weighted by atomic mass is 16.6. The fourth-order valence-corrected chi connectivity index (χ4v) is 2.54. The van der Waals surface area contributed by atoms with Crippen LogP contribution in [-0.2, 0) is 4.74 Å². The van der Waals surface area contributed by atoms with Crippen LogP contribution in [0.4, 0.5) is 4.79 Å². The summed E-state index contributed by atoms with van der Waals surface area (Å²) in [4.78, 5) is 12.0. The van der Waals surface area contributed by atoms with Gasteiger partial charge in [0.2, 0.25) is 0 Å². The van der Waals surface area contributed by atoms with E-state index >= 15 is 0 Å². The number of ether oxygens (including phenoxy) is 1. The Labute approximate surface area is 122 Å². The van der Waals surface area contributed by atoms with Crippen LogP contribution in [0.2, 0.25) is 0 Å². The van der Waals surface area contributed by atoms with Crippen molar-refractivity contribution in [2.75, 3.05) is 0 Å². The molecule has 1 aliphatic rings. The molecular formula is C15H30N2O3. The lowest BCUT2D eigenvalue weighted by Gasteiger charge is -2.44. The molecule has 118 valence electrons. The lowest BCUT2D eigenvalue weighted by atomic mass is 9.90. The minimum absolute atomic E-state index is 0.0590. The van der Waals surface area contributed by atoms with E-state index < -0.39 is 17.8 Å². The molecule has 1 amide bonds. The van der Waals surface area contributed by atoms with E-state index in [9.17, 15) is 9.90 Å². The molecule has 1 rings (SSSR count). The summed E-state index contributed by atoms with van der Waals surface area (Å²) in [6, 6.07) is -0.0590. The van der Waals surface area contributed by atoms with E-state index in [0.717, 1.165) is 25.7 Å². The lowest BCUT2D eigenvalue weighted by Crippen LogP contribution is -2.62. The quantitative estimate of drug-likeness (QED) is 0.766. The van der Waals surface area contributed by atoms with Crippen molar-refractivity contribution in [2.45, 2.75) is 90.5 Å². The Balaban J connectivity index is 2.77. The van der Waals surface area contributed by atoms with Gasteiger partial charge in [0, 0.05) is 5.54 Å². The van der Waals surface area contributed by atoms with Crippen LogP contribution in [0.5, 0.6) is 0 Å². The van der Waals surface area contributed by atoms with Crippen LogP contribution < -0.4 is 5.43 Å². The summed E-state index contributed by atoms with van der Waals surface area (Å²) in [6.45, 7) is 11.6. The maximum Gasteiger partial charge on any atom is 0.422 e. The molecule has 1 fully saturated rings. The van der Waals surface area contributed by atoms with Crippen molar-refractivity contribution in [3.8, 4) is 0 Å². The highest BCUT2D eigenvalue weighted by Gasteiger charge is 2.36. The molecule has 1 saturated carbocycles. The molecule has 5 heteroatoms. The van der Waals surface area contributed by atoms with Crippen LogP contribution in [0.3, 0.4) is 0 Å². The molecule has 2 atom stereocenters. The summed E-state index contributed by atoms with van der Waals surface area (Å²) < 4.78 is 5.32. The Bertz CT molecular complexity index is 331. The second-order valence-electron chi connectivity index (χ2n) is 7.57. The smallest absolute Gasteiger partial charge is 0.422 e. The van der Waals surface area contributed by atoms with Crippen LogP contribution in [0.1, 0.15) is 67.2 Å². The third kappa shape index (κ3) is 5.29. The predicted octanol–water partition coefficient (Wildman–Crippen LogP) is 2.83. The van der Waals surface area contributed by atoms with Gasteiger partial charge in [0.25, 0.3) is 0 Å². The zero-order valence-electron chi connectivity index (χ0n) is 13.7. The number of hydrazine groups is 1. The topological polar surface area (TPSA) is 61.8 Å². The highest BCUT2D eigenvalue weighted by molar-refractivity contribution is 5.67. The molecule has 2 unspecified atom stereocenters. The lowest BCUT2D eigenvalue weighted by molar-refractivity contribution is -0.0604. The molecule has 0 aromatic rings. The van der Waals surface area contributed by atoms with Gasteiger partial charge in [-0.1, -0.05) is 12.8 Å². The minimum atomic E-state index is -0.529. The van der Waals surface area contributed by atoms with Gasteiger partial charge >= 0.3 is 6.09 Å². The minimum Gasteiger partial charge on any atom is -0.443 e. The molecule has 0 aliphatic heterocycles. The van der Waals surface area contributed by atoms with Crippen molar-refractivity contribution in [2.24, 2.45) is 0 Å². The summed E-state index contributed by atoms with van der Waals surface area (Å²) in [5, 5.41) is 12.1. The van der Waals surface area contributed by atoms with Gasteiger partial charge in [-0.3, -0.25) is 5.43 Å². The third-order valence-electron chi connectivity index (χ3n) is 3.36. The van der Waals surface area contributed by atoms with Crippen molar-refractivity contribution < 1.29 is 14.6 Å². The van der Waals surface area contributed by atoms with Gasteiger partial charge in [-0.25, -0.2) is 9.80 Å². The van der Waals surface area contributed by atoms with Crippen molar-refractivity contribution in [3.05, 3.63) is 0 Å². The number of hydrogen-bond acceptors (Lipinski definition) is 4. The second-order valence-corrected chi connectivity index (χ2v) is 7.57. The second kappa shape index (κ2) is 6.31. The summed E-state index contributed by atoms with van der Waals surface area (Å²) in [5.74, 6) is 0. The molecule has 0 bridgehead atoms. The summed E-state index contributed by atoms with van der Waals surface area (Å²) in [6.07, 6.45) is 2.91. The first kappa shape index (κ1) is 17.2. The van der Waals surface area contributed by atoms with Gasteiger partial charge in [0.05, 0.1) is 12.1 Å². The average Bonchev–Trinajstić information content (AvgIpc) is 2.23. The van der Waals surface area contributed by atoms with Crippen LogP contribution in [0, 0.1) is 0 Å². The summed E-state index contributed by atoms with van der Waals surface area (Å²) in [5.41, 5.74) is 2.02. The van der Waals surface area contributed by atoms with Gasteiger partial charge in [-0.15, -0.1) is 0 Å². The number of hydrogen-bond donors (Lipinski definition) is 2. The molecule has 1 aliphatic carbocycles. The Hall–Kier alpha value is -0.810. The van der Waals surface area contributed by atoms with Crippen LogP contribution in [0.15, 0.2) is 0 Å². The number of aliphatic hydroxyl groups is 1. The normalized spacial score (nSPS) is 24.6. The number of nitrogens with zero attached hydrogens (tertiary/aromatic N) is 1. The number of carbonyl (C=O) groups excluding carboxylic acids is 1. The average molecular weight is 286 g/mol. The Morgan fingerprint density at radius 3 is 2.15 bits per heavy atom. The first-order valence-corrected chi connectivity index (χ1v) is 7.48. The standard InChI is InChI=1S/C15H30N2O3/c1-14(2,3)17(11-9-7-8-10-12(11)18)16-13(19)20-15(4,5)6/h11-12,18H,7-10H2,1-6H3,(H,16,19). The highest BCUT2D eigenvalue weighted by Crippen LogP contribution is 2.27. The van der Waals surface area contributed by atoms with E-state index in [1.807, 2.05) is 46.6 Å². The third-order valence-corrected chi connectivity index (χ3v) is 3.36. The Kier molecular flexibility index (Phi) is 5.44. The first-order valence-electron chi connectivity index (χ1n) is 7.48. The molecule has 0 spiro atoms. The summed E-state index contributed by atoms with van der Waals surface area (Å²) in [7, 11) is 0. The Morgan fingerprint density at radius 1 is 1.15 bits per heavy atom. The van der Waals surface area contributed by atoms with E-state index in [-0.39, 0.29) is 11.6 Å². The van der Waals surface area contributed by atoms with E-state index in [1.165, 1.54) is 0 Å².